The number of anilines is 1. The largest absolute Gasteiger partial charge is 0.395 e. The van der Waals surface area contributed by atoms with Crippen molar-refractivity contribution < 1.29 is 5.11 Å². The van der Waals surface area contributed by atoms with Crippen LogP contribution in [-0.2, 0) is 13.6 Å². The summed E-state index contributed by atoms with van der Waals surface area (Å²) in [6.07, 6.45) is 2.54. The Balaban J connectivity index is 1.57. The molecule has 1 fully saturated rings. The van der Waals surface area contributed by atoms with Crippen molar-refractivity contribution in [2.75, 3.05) is 50.0 Å². The van der Waals surface area contributed by atoms with Crippen LogP contribution in [0.3, 0.4) is 0 Å². The van der Waals surface area contributed by atoms with Crippen LogP contribution in [0.4, 0.5) is 5.95 Å². The van der Waals surface area contributed by atoms with Gasteiger partial charge in [-0.3, -0.25) is 19.2 Å². The topological polar surface area (TPSA) is 125 Å². The third-order valence-electron chi connectivity index (χ3n) is 5.59. The first-order chi connectivity index (χ1) is 15.5. The summed E-state index contributed by atoms with van der Waals surface area (Å²) in [5, 5.41) is 9.93. The second-order valence-electron chi connectivity index (χ2n) is 7.79. The Morgan fingerprint density at radius 2 is 1.94 bits per heavy atom. The lowest BCUT2D eigenvalue weighted by atomic mass is 10.3. The second kappa shape index (κ2) is 9.84. The Morgan fingerprint density at radius 1 is 1.16 bits per heavy atom. The molecule has 0 spiro atoms. The maximum atomic E-state index is 12.7. The Bertz CT molecular complexity index is 1200. The molecular weight excluding hydrogens is 432 g/mol. The maximum Gasteiger partial charge on any atom is 0.329 e. The normalized spacial score (nSPS) is 15.0. The number of aryl methyl sites for hydroxylation is 3. The predicted molar refractivity (Wildman–Crippen MR) is 123 cm³/mol. The van der Waals surface area contributed by atoms with Crippen molar-refractivity contribution in [1.29, 1.82) is 0 Å². The number of piperazine rings is 1. The van der Waals surface area contributed by atoms with Crippen LogP contribution in [0, 0.1) is 6.92 Å². The zero-order valence-corrected chi connectivity index (χ0v) is 19.1. The highest BCUT2D eigenvalue weighted by atomic mass is 32.2. The van der Waals surface area contributed by atoms with E-state index in [1.54, 1.807) is 25.0 Å². The van der Waals surface area contributed by atoms with Crippen LogP contribution in [0.1, 0.15) is 12.1 Å². The number of nitrogens with zero attached hydrogens (tertiary/aromatic N) is 7. The molecule has 0 amide bonds. The third kappa shape index (κ3) is 4.71. The highest BCUT2D eigenvalue weighted by molar-refractivity contribution is 7.99. The Kier molecular flexibility index (Phi) is 6.92. The van der Waals surface area contributed by atoms with E-state index in [1.807, 2.05) is 17.6 Å². The van der Waals surface area contributed by atoms with Gasteiger partial charge in [-0.25, -0.2) is 14.8 Å². The molecule has 11 nitrogen and oxygen atoms in total. The molecule has 4 rings (SSSR count). The van der Waals surface area contributed by atoms with Crippen molar-refractivity contribution in [1.82, 2.24) is 34.0 Å². The number of aliphatic hydroxyl groups is 1. The van der Waals surface area contributed by atoms with Crippen LogP contribution in [0.15, 0.2) is 27.0 Å². The van der Waals surface area contributed by atoms with Gasteiger partial charge in [-0.15, -0.1) is 0 Å². The molecule has 172 valence electrons. The van der Waals surface area contributed by atoms with Crippen LogP contribution in [0.25, 0.3) is 11.2 Å². The Hall–Kier alpha value is -2.70. The smallest absolute Gasteiger partial charge is 0.329 e. The summed E-state index contributed by atoms with van der Waals surface area (Å²) >= 11 is 1.58. The Labute approximate surface area is 189 Å². The number of rotatable bonds is 8. The quantitative estimate of drug-likeness (QED) is 0.267. The van der Waals surface area contributed by atoms with Gasteiger partial charge in [-0.2, -0.15) is 4.98 Å². The molecule has 12 heteroatoms. The summed E-state index contributed by atoms with van der Waals surface area (Å²) < 4.78 is 3.31. The first-order valence-corrected chi connectivity index (χ1v) is 11.7. The van der Waals surface area contributed by atoms with Gasteiger partial charge in [0.15, 0.2) is 16.3 Å². The monoisotopic (exact) mass is 460 g/mol. The minimum absolute atomic E-state index is 0.137. The summed E-state index contributed by atoms with van der Waals surface area (Å²) in [4.78, 5) is 44.9. The van der Waals surface area contributed by atoms with Gasteiger partial charge in [-0.05, 0) is 19.4 Å². The van der Waals surface area contributed by atoms with E-state index in [9.17, 15) is 14.7 Å². The molecule has 0 radical (unpaired) electrons. The highest BCUT2D eigenvalue weighted by Gasteiger charge is 2.24. The number of fused-ring (bicyclic) bond motifs is 1. The summed E-state index contributed by atoms with van der Waals surface area (Å²) in [7, 11) is 1.62. The summed E-state index contributed by atoms with van der Waals surface area (Å²) in [5.74, 6) is 1.49. The van der Waals surface area contributed by atoms with Crippen molar-refractivity contribution in [2.24, 2.45) is 7.05 Å². The van der Waals surface area contributed by atoms with E-state index >= 15 is 0 Å². The molecule has 1 saturated heterocycles. The van der Waals surface area contributed by atoms with Gasteiger partial charge < -0.3 is 14.6 Å². The predicted octanol–water partition coefficient (Wildman–Crippen LogP) is -0.182. The van der Waals surface area contributed by atoms with Crippen LogP contribution in [0.5, 0.6) is 0 Å². The molecule has 3 aromatic rings. The van der Waals surface area contributed by atoms with Crippen molar-refractivity contribution in [3.05, 3.63) is 38.8 Å². The van der Waals surface area contributed by atoms with E-state index < -0.39 is 11.2 Å². The van der Waals surface area contributed by atoms with Gasteiger partial charge in [-0.1, -0.05) is 11.8 Å². The van der Waals surface area contributed by atoms with E-state index in [-0.39, 0.29) is 6.61 Å². The fourth-order valence-electron chi connectivity index (χ4n) is 3.87. The average Bonchev–Trinajstić information content (AvgIpc) is 3.16. The summed E-state index contributed by atoms with van der Waals surface area (Å²) in [6.45, 7) is 6.39. The molecule has 0 atom stereocenters. The van der Waals surface area contributed by atoms with Crippen molar-refractivity contribution >= 4 is 28.9 Å². The number of thioether (sulfide) groups is 1. The number of aromatic nitrogens is 6. The number of H-pyrrole nitrogens is 1. The molecule has 0 aromatic carbocycles. The minimum atomic E-state index is -0.474. The first-order valence-electron chi connectivity index (χ1n) is 10.7. The lowest BCUT2D eigenvalue weighted by molar-refractivity contribution is 0.188. The van der Waals surface area contributed by atoms with Gasteiger partial charge >= 0.3 is 5.69 Å². The molecule has 1 aliphatic heterocycles. The number of aliphatic hydroxyl groups excluding tert-OH is 1. The number of imidazole rings is 1. The minimum Gasteiger partial charge on any atom is -0.395 e. The fraction of sp³-hybridized carbons (Fsp3) is 0.550. The van der Waals surface area contributed by atoms with Crippen LogP contribution in [0.2, 0.25) is 0 Å². The number of hydrogen-bond acceptors (Lipinski definition) is 9. The SMILES string of the molecule is Cc1ccnc(SCCCn2c(N3CCN(CCO)CC3)nc3c2c(=O)[nH]c(=O)n3C)n1. The molecule has 2 N–H and O–H groups in total. The van der Waals surface area contributed by atoms with Gasteiger partial charge in [0.25, 0.3) is 5.56 Å². The molecule has 0 bridgehead atoms. The molecule has 0 aliphatic carbocycles. The summed E-state index contributed by atoms with van der Waals surface area (Å²) in [6, 6.07) is 1.87. The van der Waals surface area contributed by atoms with Crippen molar-refractivity contribution in [3.8, 4) is 0 Å². The number of nitrogens with one attached hydrogen (secondary N) is 1. The number of hydrogen-bond donors (Lipinski definition) is 2. The van der Waals surface area contributed by atoms with Crippen LogP contribution < -0.4 is 16.1 Å². The fourth-order valence-corrected chi connectivity index (χ4v) is 4.67. The van der Waals surface area contributed by atoms with Crippen LogP contribution >= 0.6 is 11.8 Å². The zero-order chi connectivity index (χ0) is 22.7. The zero-order valence-electron chi connectivity index (χ0n) is 18.3. The van der Waals surface area contributed by atoms with Crippen LogP contribution in [-0.4, -0.2) is 84.2 Å². The van der Waals surface area contributed by atoms with E-state index in [2.05, 4.69) is 24.8 Å². The molecule has 0 unspecified atom stereocenters. The van der Waals surface area contributed by atoms with Gasteiger partial charge in [0.05, 0.1) is 6.61 Å². The molecule has 4 heterocycles. The lowest BCUT2D eigenvalue weighted by Crippen LogP contribution is -2.48. The summed E-state index contributed by atoms with van der Waals surface area (Å²) in [5.41, 5.74) is 0.838. The molecular formula is C20H28N8O3S. The van der Waals surface area contributed by atoms with Crippen molar-refractivity contribution in [2.45, 2.75) is 25.0 Å². The average molecular weight is 461 g/mol. The van der Waals surface area contributed by atoms with E-state index in [0.717, 1.165) is 49.2 Å². The maximum absolute atomic E-state index is 12.7. The molecule has 0 saturated carbocycles. The number of β-amino-alcohol motifs (C(OH)–C–C–N with tert-alkyl or cyclic N) is 1. The van der Waals surface area contributed by atoms with Crippen molar-refractivity contribution in [3.63, 3.8) is 0 Å². The van der Waals surface area contributed by atoms with E-state index in [4.69, 9.17) is 4.98 Å². The lowest BCUT2D eigenvalue weighted by Gasteiger charge is -2.35. The first kappa shape index (κ1) is 22.5. The Morgan fingerprint density at radius 3 is 2.66 bits per heavy atom. The van der Waals surface area contributed by atoms with E-state index in [1.165, 1.54) is 4.57 Å². The van der Waals surface area contributed by atoms with Gasteiger partial charge in [0, 0.05) is 64.0 Å². The van der Waals surface area contributed by atoms with E-state index in [0.29, 0.717) is 30.2 Å². The standard InChI is InChI=1S/C20H28N8O3S/c1-14-4-5-21-18(22-14)32-13-3-6-28-15-16(25(2)20(31)24-17(15)30)23-19(28)27-9-7-26(8-10-27)11-12-29/h4-5,29H,3,6-13H2,1-2H3,(H,24,30,31). The third-order valence-corrected chi connectivity index (χ3v) is 6.54. The molecule has 1 aliphatic rings. The number of aromatic amines is 1. The molecule has 3 aromatic heterocycles. The van der Waals surface area contributed by atoms with Gasteiger partial charge in [0.2, 0.25) is 5.95 Å². The van der Waals surface area contributed by atoms with Gasteiger partial charge in [0.1, 0.15) is 0 Å². The second-order valence-corrected chi connectivity index (χ2v) is 8.85. The molecule has 32 heavy (non-hydrogen) atoms. The highest BCUT2D eigenvalue weighted by Crippen LogP contribution is 2.22.